The second-order valence-corrected chi connectivity index (χ2v) is 5.24. The van der Waals surface area contributed by atoms with Crippen LogP contribution >= 0.6 is 31.9 Å². The van der Waals surface area contributed by atoms with Crippen LogP contribution in [0, 0.1) is 0 Å². The lowest BCUT2D eigenvalue weighted by molar-refractivity contribution is -0.138. The molecule has 0 amide bonds. The Morgan fingerprint density at radius 3 is 2.42 bits per heavy atom. The van der Waals surface area contributed by atoms with Crippen molar-refractivity contribution in [1.29, 1.82) is 0 Å². The minimum atomic E-state index is -0.453. The maximum absolute atomic E-state index is 11.4. The van der Waals surface area contributed by atoms with E-state index >= 15 is 0 Å². The molecule has 19 heavy (non-hydrogen) atoms. The molecule has 0 radical (unpaired) electrons. The third-order valence-electron chi connectivity index (χ3n) is 2.17. The van der Waals surface area contributed by atoms with Gasteiger partial charge in [0.05, 0.1) is 28.2 Å². The van der Waals surface area contributed by atoms with Crippen LogP contribution in [0.15, 0.2) is 33.2 Å². The summed E-state index contributed by atoms with van der Waals surface area (Å²) in [5.41, 5.74) is 0.265. The number of rotatable bonds is 6. The highest BCUT2D eigenvalue weighted by Gasteiger charge is 2.12. The van der Waals surface area contributed by atoms with Gasteiger partial charge >= 0.3 is 5.97 Å². The largest absolute Gasteiger partial charge is 0.496 e. The fourth-order valence-electron chi connectivity index (χ4n) is 1.23. The number of esters is 1. The zero-order valence-electron chi connectivity index (χ0n) is 10.7. The van der Waals surface area contributed by atoms with Crippen molar-refractivity contribution in [2.45, 2.75) is 6.92 Å². The van der Waals surface area contributed by atoms with Gasteiger partial charge < -0.3 is 14.2 Å². The Kier molecular flexibility index (Phi) is 6.37. The summed E-state index contributed by atoms with van der Waals surface area (Å²) in [6.45, 7) is 5.74. The molecule has 1 aromatic rings. The van der Waals surface area contributed by atoms with Crippen LogP contribution in [0.4, 0.5) is 0 Å². The minimum Gasteiger partial charge on any atom is -0.496 e. The van der Waals surface area contributed by atoms with Crippen molar-refractivity contribution in [3.63, 3.8) is 0 Å². The van der Waals surface area contributed by atoms with E-state index in [2.05, 4.69) is 38.4 Å². The highest BCUT2D eigenvalue weighted by Crippen LogP contribution is 2.36. The maximum Gasteiger partial charge on any atom is 0.336 e. The molecule has 0 spiro atoms. The van der Waals surface area contributed by atoms with Gasteiger partial charge in [-0.15, -0.1) is 0 Å². The average molecular weight is 394 g/mol. The van der Waals surface area contributed by atoms with Crippen molar-refractivity contribution in [2.24, 2.45) is 0 Å². The van der Waals surface area contributed by atoms with E-state index in [9.17, 15) is 4.79 Å². The molecule has 0 aliphatic carbocycles. The van der Waals surface area contributed by atoms with Gasteiger partial charge in [0.2, 0.25) is 0 Å². The van der Waals surface area contributed by atoms with E-state index in [0.717, 1.165) is 8.95 Å². The molecule has 0 aromatic heterocycles. The molecule has 0 heterocycles. The summed E-state index contributed by atoms with van der Waals surface area (Å²) in [6.07, 6.45) is 0. The molecule has 0 unspecified atom stereocenters. The Morgan fingerprint density at radius 1 is 1.26 bits per heavy atom. The number of benzene rings is 1. The van der Waals surface area contributed by atoms with Crippen molar-refractivity contribution < 1.29 is 19.0 Å². The maximum atomic E-state index is 11.4. The first kappa shape index (κ1) is 16.0. The summed E-state index contributed by atoms with van der Waals surface area (Å²) in [5, 5.41) is 0. The molecule has 0 saturated carbocycles. The third kappa shape index (κ3) is 4.54. The minimum absolute atomic E-state index is 0.0657. The smallest absolute Gasteiger partial charge is 0.336 e. The van der Waals surface area contributed by atoms with Crippen LogP contribution in [-0.4, -0.2) is 26.3 Å². The lowest BCUT2D eigenvalue weighted by Crippen LogP contribution is -2.13. The van der Waals surface area contributed by atoms with Crippen LogP contribution < -0.4 is 9.47 Å². The predicted molar refractivity (Wildman–Crippen MR) is 79.7 cm³/mol. The molecule has 1 aromatic carbocycles. The van der Waals surface area contributed by atoms with Crippen LogP contribution in [0.2, 0.25) is 0 Å². The van der Waals surface area contributed by atoms with Gasteiger partial charge in [-0.3, -0.25) is 0 Å². The van der Waals surface area contributed by atoms with Crippen LogP contribution in [0.25, 0.3) is 0 Å². The molecular weight excluding hydrogens is 380 g/mol. The Morgan fingerprint density at radius 2 is 1.84 bits per heavy atom. The number of halogens is 2. The molecule has 0 atom stereocenters. The molecule has 1 rings (SSSR count). The molecule has 0 saturated heterocycles. The number of methoxy groups -OCH3 is 1. The molecule has 0 aliphatic heterocycles. The van der Waals surface area contributed by atoms with Gasteiger partial charge in [-0.05, 0) is 50.9 Å². The third-order valence-corrected chi connectivity index (χ3v) is 3.41. The highest BCUT2D eigenvalue weighted by molar-refractivity contribution is 9.11. The van der Waals surface area contributed by atoms with E-state index in [1.54, 1.807) is 26.2 Å². The van der Waals surface area contributed by atoms with Gasteiger partial charge in [0.1, 0.15) is 18.1 Å². The van der Waals surface area contributed by atoms with Crippen LogP contribution in [-0.2, 0) is 9.53 Å². The SMILES string of the molecule is C=C(COc1cc(Br)c(OC)cc1Br)C(=O)OCC. The second kappa shape index (κ2) is 7.55. The van der Waals surface area contributed by atoms with Crippen LogP contribution in [0.5, 0.6) is 11.5 Å². The van der Waals surface area contributed by atoms with Crippen LogP contribution in [0.3, 0.4) is 0 Å². The summed E-state index contributed by atoms with van der Waals surface area (Å²) >= 11 is 6.73. The Balaban J connectivity index is 2.71. The zero-order chi connectivity index (χ0) is 14.4. The van der Waals surface area contributed by atoms with E-state index < -0.39 is 5.97 Å². The number of hydrogen-bond acceptors (Lipinski definition) is 4. The van der Waals surface area contributed by atoms with E-state index in [1.165, 1.54) is 0 Å². The topological polar surface area (TPSA) is 44.8 Å². The Bertz CT molecular complexity index is 486. The second-order valence-electron chi connectivity index (χ2n) is 3.53. The fourth-order valence-corrected chi connectivity index (χ4v) is 2.16. The molecule has 6 heteroatoms. The number of carbonyl (C=O) groups excluding carboxylic acids is 1. The molecule has 0 bridgehead atoms. The Hall–Kier alpha value is -1.01. The van der Waals surface area contributed by atoms with Crippen molar-refractivity contribution in [2.75, 3.05) is 20.3 Å². The average Bonchev–Trinajstić information content (AvgIpc) is 2.39. The Labute approximate surface area is 129 Å². The first-order valence-corrected chi connectivity index (χ1v) is 7.08. The summed E-state index contributed by atoms with van der Waals surface area (Å²) in [6, 6.07) is 3.52. The lowest BCUT2D eigenvalue weighted by Gasteiger charge is -2.12. The number of hydrogen-bond donors (Lipinski definition) is 0. The fraction of sp³-hybridized carbons (Fsp3) is 0.308. The van der Waals surface area contributed by atoms with Gasteiger partial charge in [0, 0.05) is 0 Å². The van der Waals surface area contributed by atoms with E-state index in [4.69, 9.17) is 14.2 Å². The molecule has 104 valence electrons. The standard InChI is InChI=1S/C13H14Br2O4/c1-4-18-13(16)8(2)7-19-12-6-9(14)11(17-3)5-10(12)15/h5-6H,2,4,7H2,1,3H3. The summed E-state index contributed by atoms with van der Waals surface area (Å²) in [4.78, 5) is 11.4. The predicted octanol–water partition coefficient (Wildman–Crippen LogP) is 3.72. The summed E-state index contributed by atoms with van der Waals surface area (Å²) in [5.74, 6) is 0.813. The van der Waals surface area contributed by atoms with Crippen molar-refractivity contribution in [3.8, 4) is 11.5 Å². The number of ether oxygens (including phenoxy) is 3. The molecule has 0 aliphatic rings. The van der Waals surface area contributed by atoms with Crippen molar-refractivity contribution in [1.82, 2.24) is 0 Å². The quantitative estimate of drug-likeness (QED) is 0.545. The van der Waals surface area contributed by atoms with Gasteiger partial charge in [0.25, 0.3) is 0 Å². The van der Waals surface area contributed by atoms with Crippen molar-refractivity contribution >= 4 is 37.8 Å². The zero-order valence-corrected chi connectivity index (χ0v) is 13.8. The van der Waals surface area contributed by atoms with Crippen LogP contribution in [0.1, 0.15) is 6.92 Å². The molecule has 0 fully saturated rings. The van der Waals surface area contributed by atoms with Crippen molar-refractivity contribution in [3.05, 3.63) is 33.2 Å². The van der Waals surface area contributed by atoms with Gasteiger partial charge in [-0.1, -0.05) is 6.58 Å². The highest BCUT2D eigenvalue weighted by atomic mass is 79.9. The summed E-state index contributed by atoms with van der Waals surface area (Å²) in [7, 11) is 1.58. The number of carbonyl (C=O) groups is 1. The molecular formula is C13H14Br2O4. The monoisotopic (exact) mass is 392 g/mol. The van der Waals surface area contributed by atoms with Gasteiger partial charge in [-0.2, -0.15) is 0 Å². The molecule has 0 N–H and O–H groups in total. The van der Waals surface area contributed by atoms with E-state index in [1.807, 2.05) is 0 Å². The lowest BCUT2D eigenvalue weighted by atomic mass is 10.3. The molecule has 4 nitrogen and oxygen atoms in total. The normalized spacial score (nSPS) is 9.89. The van der Waals surface area contributed by atoms with E-state index in [0.29, 0.717) is 18.1 Å². The van der Waals surface area contributed by atoms with Gasteiger partial charge in [0.15, 0.2) is 0 Å². The summed E-state index contributed by atoms with van der Waals surface area (Å²) < 4.78 is 17.0. The first-order chi connectivity index (χ1) is 8.99. The first-order valence-electron chi connectivity index (χ1n) is 5.50. The van der Waals surface area contributed by atoms with Gasteiger partial charge in [-0.25, -0.2) is 4.79 Å². The van der Waals surface area contributed by atoms with E-state index in [-0.39, 0.29) is 12.2 Å².